The molecule has 1 heterocycles. The number of hydrogen-bond donors (Lipinski definition) is 1. The van der Waals surface area contributed by atoms with Gasteiger partial charge in [-0.3, -0.25) is 4.98 Å². The van der Waals surface area contributed by atoms with Gasteiger partial charge in [-0.25, -0.2) is 0 Å². The Morgan fingerprint density at radius 1 is 0.870 bits per heavy atom. The van der Waals surface area contributed by atoms with E-state index in [1.54, 1.807) is 0 Å². The lowest BCUT2D eigenvalue weighted by molar-refractivity contribution is 0.587. The van der Waals surface area contributed by atoms with Crippen molar-refractivity contribution >= 4 is 0 Å². The molecule has 1 N–H and O–H groups in total. The van der Waals surface area contributed by atoms with Gasteiger partial charge < -0.3 is 5.32 Å². The van der Waals surface area contributed by atoms with E-state index >= 15 is 0 Å². The number of aryl methyl sites for hydroxylation is 1. The van der Waals surface area contributed by atoms with Crippen LogP contribution in [-0.4, -0.2) is 4.98 Å². The molecule has 0 aliphatic rings. The van der Waals surface area contributed by atoms with Crippen molar-refractivity contribution < 1.29 is 0 Å². The van der Waals surface area contributed by atoms with Crippen LogP contribution in [0.5, 0.6) is 0 Å². The fourth-order valence-electron chi connectivity index (χ4n) is 2.87. The van der Waals surface area contributed by atoms with Gasteiger partial charge in [-0.1, -0.05) is 67.6 Å². The van der Waals surface area contributed by atoms with Crippen LogP contribution in [0.25, 0.3) is 0 Å². The van der Waals surface area contributed by atoms with Crippen molar-refractivity contribution in [2.45, 2.75) is 25.9 Å². The number of pyridine rings is 1. The molecule has 0 aliphatic carbocycles. The highest BCUT2D eigenvalue weighted by Gasteiger charge is 2.17. The maximum absolute atomic E-state index is 4.58. The van der Waals surface area contributed by atoms with E-state index in [2.05, 4.69) is 71.8 Å². The molecule has 1 aromatic heterocycles. The Morgan fingerprint density at radius 2 is 1.61 bits per heavy atom. The Labute approximate surface area is 138 Å². The molecule has 1 atom stereocenters. The van der Waals surface area contributed by atoms with Crippen LogP contribution in [0.3, 0.4) is 0 Å². The molecule has 0 spiro atoms. The number of hydrogen-bond acceptors (Lipinski definition) is 2. The second kappa shape index (κ2) is 7.70. The summed E-state index contributed by atoms with van der Waals surface area (Å²) in [4.78, 5) is 4.58. The van der Waals surface area contributed by atoms with Crippen molar-refractivity contribution in [2.24, 2.45) is 0 Å². The quantitative estimate of drug-likeness (QED) is 0.724. The van der Waals surface area contributed by atoms with Crippen LogP contribution in [0.15, 0.2) is 79.0 Å². The molecule has 2 nitrogen and oxygen atoms in total. The standard InChI is InChI=1S/C21H22N2/c1-2-18-12-6-7-13-19(18)21(20-14-8-9-15-22-20)23-16-17-10-4-3-5-11-17/h3-15,21,23H,2,16H2,1H3/t21-/m0/s1. The first-order valence-electron chi connectivity index (χ1n) is 8.14. The van der Waals surface area contributed by atoms with E-state index in [9.17, 15) is 0 Å². The van der Waals surface area contributed by atoms with Gasteiger partial charge in [0.25, 0.3) is 0 Å². The fraction of sp³-hybridized carbons (Fsp3) is 0.190. The monoisotopic (exact) mass is 302 g/mol. The summed E-state index contributed by atoms with van der Waals surface area (Å²) in [6, 6.07) is 25.3. The Kier molecular flexibility index (Phi) is 5.17. The van der Waals surface area contributed by atoms with Crippen molar-refractivity contribution in [1.82, 2.24) is 10.3 Å². The minimum Gasteiger partial charge on any atom is -0.301 e. The van der Waals surface area contributed by atoms with Gasteiger partial charge in [0.15, 0.2) is 0 Å². The zero-order valence-electron chi connectivity index (χ0n) is 13.4. The normalized spacial score (nSPS) is 12.0. The minimum absolute atomic E-state index is 0.104. The van der Waals surface area contributed by atoms with Crippen LogP contribution < -0.4 is 5.32 Å². The smallest absolute Gasteiger partial charge is 0.0756 e. The third-order valence-corrected chi connectivity index (χ3v) is 4.08. The van der Waals surface area contributed by atoms with Gasteiger partial charge in [0.05, 0.1) is 11.7 Å². The van der Waals surface area contributed by atoms with Gasteiger partial charge >= 0.3 is 0 Å². The molecule has 0 aliphatic heterocycles. The van der Waals surface area contributed by atoms with Crippen molar-refractivity contribution in [1.29, 1.82) is 0 Å². The molecule has 116 valence electrons. The lowest BCUT2D eigenvalue weighted by atomic mass is 9.95. The van der Waals surface area contributed by atoms with Crippen LogP contribution in [0.2, 0.25) is 0 Å². The summed E-state index contributed by atoms with van der Waals surface area (Å²) < 4.78 is 0. The maximum Gasteiger partial charge on any atom is 0.0756 e. The highest BCUT2D eigenvalue weighted by molar-refractivity contribution is 5.35. The van der Waals surface area contributed by atoms with Crippen LogP contribution >= 0.6 is 0 Å². The van der Waals surface area contributed by atoms with Crippen molar-refractivity contribution in [3.8, 4) is 0 Å². The molecule has 0 unspecified atom stereocenters. The van der Waals surface area contributed by atoms with Crippen LogP contribution in [-0.2, 0) is 13.0 Å². The average molecular weight is 302 g/mol. The third kappa shape index (κ3) is 3.85. The van der Waals surface area contributed by atoms with E-state index in [1.165, 1.54) is 16.7 Å². The first-order valence-corrected chi connectivity index (χ1v) is 8.14. The van der Waals surface area contributed by atoms with Gasteiger partial charge in [-0.05, 0) is 35.2 Å². The van der Waals surface area contributed by atoms with Gasteiger partial charge in [-0.2, -0.15) is 0 Å². The first kappa shape index (κ1) is 15.4. The highest BCUT2D eigenvalue weighted by Crippen LogP contribution is 2.24. The third-order valence-electron chi connectivity index (χ3n) is 4.08. The summed E-state index contributed by atoms with van der Waals surface area (Å²) in [5.41, 5.74) is 5.01. The molecule has 3 rings (SSSR count). The van der Waals surface area contributed by atoms with Crippen molar-refractivity contribution in [3.63, 3.8) is 0 Å². The van der Waals surface area contributed by atoms with Crippen molar-refractivity contribution in [2.75, 3.05) is 0 Å². The lowest BCUT2D eigenvalue weighted by Crippen LogP contribution is -2.24. The highest BCUT2D eigenvalue weighted by atomic mass is 14.9. The largest absolute Gasteiger partial charge is 0.301 e. The van der Waals surface area contributed by atoms with E-state index in [0.29, 0.717) is 0 Å². The molecular formula is C21H22N2. The summed E-state index contributed by atoms with van der Waals surface area (Å²) in [5, 5.41) is 3.68. The van der Waals surface area contributed by atoms with E-state index in [4.69, 9.17) is 0 Å². The predicted octanol–water partition coefficient (Wildman–Crippen LogP) is 4.52. The number of benzene rings is 2. The zero-order valence-corrected chi connectivity index (χ0v) is 13.4. The first-order chi connectivity index (χ1) is 11.4. The molecule has 23 heavy (non-hydrogen) atoms. The Morgan fingerprint density at radius 3 is 2.35 bits per heavy atom. The predicted molar refractivity (Wildman–Crippen MR) is 95.2 cm³/mol. The number of rotatable bonds is 6. The van der Waals surface area contributed by atoms with Gasteiger partial charge in [-0.15, -0.1) is 0 Å². The minimum atomic E-state index is 0.104. The summed E-state index contributed by atoms with van der Waals surface area (Å²) >= 11 is 0. The average Bonchev–Trinajstić information content (AvgIpc) is 2.64. The number of aromatic nitrogens is 1. The van der Waals surface area contributed by atoms with Crippen LogP contribution in [0.4, 0.5) is 0 Å². The molecule has 2 heteroatoms. The Balaban J connectivity index is 1.91. The molecule has 0 radical (unpaired) electrons. The Hall–Kier alpha value is -2.45. The zero-order chi connectivity index (χ0) is 15.9. The number of nitrogens with one attached hydrogen (secondary N) is 1. The molecule has 0 amide bonds. The summed E-state index contributed by atoms with van der Waals surface area (Å²) in [7, 11) is 0. The molecule has 2 aromatic carbocycles. The SMILES string of the molecule is CCc1ccccc1[C@H](NCc1ccccc1)c1ccccn1. The van der Waals surface area contributed by atoms with E-state index in [0.717, 1.165) is 18.7 Å². The fourth-order valence-corrected chi connectivity index (χ4v) is 2.87. The van der Waals surface area contributed by atoms with Gasteiger partial charge in [0.2, 0.25) is 0 Å². The van der Waals surface area contributed by atoms with Crippen LogP contribution in [0, 0.1) is 0 Å². The molecule has 0 bridgehead atoms. The maximum atomic E-state index is 4.58. The van der Waals surface area contributed by atoms with Gasteiger partial charge in [0.1, 0.15) is 0 Å². The summed E-state index contributed by atoms with van der Waals surface area (Å²) in [6.07, 6.45) is 2.88. The van der Waals surface area contributed by atoms with Gasteiger partial charge in [0, 0.05) is 12.7 Å². The molecule has 0 saturated heterocycles. The van der Waals surface area contributed by atoms with E-state index in [-0.39, 0.29) is 6.04 Å². The molecular weight excluding hydrogens is 280 g/mol. The topological polar surface area (TPSA) is 24.9 Å². The Bertz CT molecular complexity index is 723. The van der Waals surface area contributed by atoms with E-state index in [1.807, 2.05) is 24.4 Å². The molecule has 0 saturated carbocycles. The molecule has 0 fully saturated rings. The second-order valence-corrected chi connectivity index (χ2v) is 5.61. The molecule has 3 aromatic rings. The van der Waals surface area contributed by atoms with Crippen molar-refractivity contribution in [3.05, 3.63) is 101 Å². The summed E-state index contributed by atoms with van der Waals surface area (Å²) in [5.74, 6) is 0. The number of nitrogens with zero attached hydrogens (tertiary/aromatic N) is 1. The van der Waals surface area contributed by atoms with Crippen LogP contribution in [0.1, 0.15) is 35.3 Å². The summed E-state index contributed by atoms with van der Waals surface area (Å²) in [6.45, 7) is 3.02. The lowest BCUT2D eigenvalue weighted by Gasteiger charge is -2.21. The van der Waals surface area contributed by atoms with E-state index < -0.39 is 0 Å². The second-order valence-electron chi connectivity index (χ2n) is 5.61.